The molecule has 3 aromatic carbocycles. The minimum Gasteiger partial charge on any atom is -0.339 e. The molecule has 9 heteroatoms. The van der Waals surface area contributed by atoms with Crippen LogP contribution in [0.5, 0.6) is 0 Å². The molecule has 0 bridgehead atoms. The van der Waals surface area contributed by atoms with Crippen molar-refractivity contribution in [2.75, 3.05) is 13.1 Å². The average Bonchev–Trinajstić information content (AvgIpc) is 3.64. The second kappa shape index (κ2) is 9.18. The zero-order chi connectivity index (χ0) is 26.5. The Hall–Kier alpha value is -3.82. The normalized spacial score (nSPS) is 18.4. The number of hydrogen-bond acceptors (Lipinski definition) is 4. The molecule has 0 N–H and O–H groups in total. The Morgan fingerprint density at radius 1 is 1.05 bits per heavy atom. The predicted octanol–water partition coefficient (Wildman–Crippen LogP) is 4.78. The fraction of sp³-hybridized carbons (Fsp3) is 0.241. The van der Waals surface area contributed by atoms with E-state index >= 15 is 0 Å². The van der Waals surface area contributed by atoms with E-state index in [-0.39, 0.29) is 10.8 Å². The number of nitrogens with zero attached hydrogens (tertiary/aromatic N) is 5. The van der Waals surface area contributed by atoms with Gasteiger partial charge in [0.25, 0.3) is 10.0 Å². The second-order valence-corrected chi connectivity index (χ2v) is 12.1. The van der Waals surface area contributed by atoms with Gasteiger partial charge in [-0.05, 0) is 72.9 Å². The molecule has 1 unspecified atom stereocenters. The smallest absolute Gasteiger partial charge is 0.262 e. The van der Waals surface area contributed by atoms with E-state index in [1.54, 1.807) is 34.2 Å². The summed E-state index contributed by atoms with van der Waals surface area (Å²) in [6.45, 7) is 2.84. The van der Waals surface area contributed by atoms with Crippen molar-refractivity contribution in [2.24, 2.45) is 7.05 Å². The summed E-state index contributed by atoms with van der Waals surface area (Å²) in [6, 6.07) is 20.7. The van der Waals surface area contributed by atoms with Crippen LogP contribution in [0.3, 0.4) is 0 Å². The molecule has 1 aliphatic heterocycles. The molecular formula is C29H28FN5O2S. The molecule has 38 heavy (non-hydrogen) atoms. The first kappa shape index (κ1) is 24.5. The van der Waals surface area contributed by atoms with Gasteiger partial charge >= 0.3 is 0 Å². The van der Waals surface area contributed by atoms with Gasteiger partial charge in [0.2, 0.25) is 0 Å². The fourth-order valence-corrected chi connectivity index (χ4v) is 7.17. The molecule has 1 atom stereocenters. The highest BCUT2D eigenvalue weighted by Crippen LogP contribution is 2.42. The SMILES string of the molecule is Cc1cc2c(cnn2-c2ccc(F)cc2)cc1C1(Cc2ccccc2)CCN(S(=O)(=O)c2cn(C)cn2)C1. The number of benzene rings is 3. The Kier molecular flexibility index (Phi) is 5.92. The third kappa shape index (κ3) is 4.21. The van der Waals surface area contributed by atoms with Crippen LogP contribution >= 0.6 is 0 Å². The number of aryl methyl sites for hydroxylation is 2. The molecule has 3 heterocycles. The molecule has 1 aliphatic rings. The number of hydrogen-bond donors (Lipinski definition) is 0. The van der Waals surface area contributed by atoms with E-state index < -0.39 is 15.4 Å². The Bertz CT molecular complexity index is 1730. The van der Waals surface area contributed by atoms with Gasteiger partial charge in [-0.3, -0.25) is 0 Å². The van der Waals surface area contributed by atoms with Crippen molar-refractivity contribution in [3.63, 3.8) is 0 Å². The van der Waals surface area contributed by atoms with Gasteiger partial charge in [-0.25, -0.2) is 22.5 Å². The van der Waals surface area contributed by atoms with Crippen LogP contribution in [0.15, 0.2) is 90.5 Å². The third-order valence-electron chi connectivity index (χ3n) is 7.55. The van der Waals surface area contributed by atoms with Gasteiger partial charge in [0.05, 0.1) is 23.7 Å². The lowest BCUT2D eigenvalue weighted by molar-refractivity contribution is 0.412. The molecule has 0 saturated carbocycles. The molecule has 0 spiro atoms. The zero-order valence-corrected chi connectivity index (χ0v) is 22.1. The van der Waals surface area contributed by atoms with Crippen molar-refractivity contribution in [3.8, 4) is 5.69 Å². The molecule has 1 fully saturated rings. The third-order valence-corrected chi connectivity index (χ3v) is 9.28. The molecule has 0 aliphatic carbocycles. The maximum atomic E-state index is 13.5. The number of sulfonamides is 1. The molecule has 1 saturated heterocycles. The lowest BCUT2D eigenvalue weighted by Gasteiger charge is -2.32. The lowest BCUT2D eigenvalue weighted by Crippen LogP contribution is -2.36. The summed E-state index contributed by atoms with van der Waals surface area (Å²) >= 11 is 0. The maximum absolute atomic E-state index is 13.5. The Balaban J connectivity index is 1.44. The summed E-state index contributed by atoms with van der Waals surface area (Å²) < 4.78 is 45.5. The Labute approximate surface area is 221 Å². The molecule has 7 nitrogen and oxygen atoms in total. The topological polar surface area (TPSA) is 73.0 Å². The first-order chi connectivity index (χ1) is 18.2. The van der Waals surface area contributed by atoms with Gasteiger partial charge < -0.3 is 4.57 Å². The first-order valence-electron chi connectivity index (χ1n) is 12.5. The van der Waals surface area contributed by atoms with Gasteiger partial charge in [0.15, 0.2) is 5.03 Å². The summed E-state index contributed by atoms with van der Waals surface area (Å²) in [5, 5.41) is 5.61. The van der Waals surface area contributed by atoms with E-state index in [0.29, 0.717) is 25.9 Å². The van der Waals surface area contributed by atoms with Crippen LogP contribution in [-0.2, 0) is 28.9 Å². The van der Waals surface area contributed by atoms with Crippen molar-refractivity contribution in [3.05, 3.63) is 108 Å². The van der Waals surface area contributed by atoms with E-state index in [0.717, 1.165) is 33.3 Å². The molecule has 6 rings (SSSR count). The molecule has 0 radical (unpaired) electrons. The summed E-state index contributed by atoms with van der Waals surface area (Å²) in [5.74, 6) is -0.294. The molecule has 0 amide bonds. The summed E-state index contributed by atoms with van der Waals surface area (Å²) in [5.41, 5.74) is 4.62. The van der Waals surface area contributed by atoms with E-state index in [2.05, 4.69) is 41.3 Å². The van der Waals surface area contributed by atoms with Gasteiger partial charge in [-0.2, -0.15) is 9.40 Å². The van der Waals surface area contributed by atoms with Crippen LogP contribution in [0, 0.1) is 12.7 Å². The fourth-order valence-electron chi connectivity index (χ4n) is 5.68. The minimum atomic E-state index is -3.73. The van der Waals surface area contributed by atoms with Crippen molar-refractivity contribution >= 4 is 20.9 Å². The maximum Gasteiger partial charge on any atom is 0.262 e. The molecular weight excluding hydrogens is 501 g/mol. The Morgan fingerprint density at radius 2 is 1.82 bits per heavy atom. The number of aromatic nitrogens is 4. The van der Waals surface area contributed by atoms with Crippen LogP contribution in [0.2, 0.25) is 0 Å². The average molecular weight is 530 g/mol. The lowest BCUT2D eigenvalue weighted by atomic mass is 9.73. The molecule has 5 aromatic rings. The number of imidazole rings is 1. The summed E-state index contributed by atoms with van der Waals surface area (Å²) in [6.07, 6.45) is 6.27. The van der Waals surface area contributed by atoms with E-state index in [1.807, 2.05) is 29.1 Å². The quantitative estimate of drug-likeness (QED) is 0.317. The number of halogens is 1. The van der Waals surface area contributed by atoms with E-state index in [4.69, 9.17) is 0 Å². The highest BCUT2D eigenvalue weighted by molar-refractivity contribution is 7.89. The van der Waals surface area contributed by atoms with Crippen LogP contribution < -0.4 is 0 Å². The first-order valence-corrected chi connectivity index (χ1v) is 14.0. The van der Waals surface area contributed by atoms with Gasteiger partial charge in [-0.15, -0.1) is 0 Å². The predicted molar refractivity (Wildman–Crippen MR) is 144 cm³/mol. The van der Waals surface area contributed by atoms with Crippen LogP contribution in [-0.4, -0.2) is 45.1 Å². The largest absolute Gasteiger partial charge is 0.339 e. The summed E-state index contributed by atoms with van der Waals surface area (Å²) in [4.78, 5) is 4.13. The van der Waals surface area contributed by atoms with Crippen molar-refractivity contribution in [1.82, 2.24) is 23.6 Å². The second-order valence-electron chi connectivity index (χ2n) is 10.2. The van der Waals surface area contributed by atoms with Crippen molar-refractivity contribution < 1.29 is 12.8 Å². The van der Waals surface area contributed by atoms with Gasteiger partial charge in [0, 0.05) is 37.1 Å². The summed E-state index contributed by atoms with van der Waals surface area (Å²) in [7, 11) is -1.96. The zero-order valence-electron chi connectivity index (χ0n) is 21.3. The monoisotopic (exact) mass is 529 g/mol. The highest BCUT2D eigenvalue weighted by atomic mass is 32.2. The van der Waals surface area contributed by atoms with Crippen molar-refractivity contribution in [2.45, 2.75) is 30.2 Å². The highest BCUT2D eigenvalue weighted by Gasteiger charge is 2.45. The Morgan fingerprint density at radius 3 is 2.53 bits per heavy atom. The van der Waals surface area contributed by atoms with Gasteiger partial charge in [0.1, 0.15) is 5.82 Å². The molecule has 194 valence electrons. The number of rotatable bonds is 6. The van der Waals surface area contributed by atoms with E-state index in [9.17, 15) is 12.8 Å². The number of fused-ring (bicyclic) bond motifs is 1. The minimum absolute atomic E-state index is 0.0725. The molecule has 2 aromatic heterocycles. The van der Waals surface area contributed by atoms with Crippen LogP contribution in [0.25, 0.3) is 16.6 Å². The standard InChI is InChI=1S/C29H28FN5O2S/c1-21-14-27-23(17-32-35(27)25-10-8-24(30)9-11-25)15-26(21)29(16-22-6-4-3-5-7-22)12-13-34(19-29)38(36,37)28-18-33(2)20-31-28/h3-11,14-15,17-18,20H,12-13,16,19H2,1-2H3. The van der Waals surface area contributed by atoms with E-state index in [1.165, 1.54) is 18.5 Å². The van der Waals surface area contributed by atoms with Crippen LogP contribution in [0.4, 0.5) is 4.39 Å². The van der Waals surface area contributed by atoms with Crippen molar-refractivity contribution in [1.29, 1.82) is 0 Å². The van der Waals surface area contributed by atoms with Gasteiger partial charge in [-0.1, -0.05) is 30.3 Å². The van der Waals surface area contributed by atoms with Crippen LogP contribution in [0.1, 0.15) is 23.1 Å².